The van der Waals surface area contributed by atoms with E-state index in [1.54, 1.807) is 6.07 Å². The minimum absolute atomic E-state index is 0.447. The van der Waals surface area contributed by atoms with Crippen molar-refractivity contribution in [1.82, 2.24) is 0 Å². The molecule has 0 aliphatic carbocycles. The maximum Gasteiger partial charge on any atom is 0.260 e. The van der Waals surface area contributed by atoms with Gasteiger partial charge in [0.1, 0.15) is 4.88 Å². The highest BCUT2D eigenvalue weighted by Crippen LogP contribution is 2.30. The number of rotatable bonds is 8. The van der Waals surface area contributed by atoms with E-state index in [0.29, 0.717) is 16.6 Å². The van der Waals surface area contributed by atoms with Crippen LogP contribution in [-0.4, -0.2) is 11.9 Å². The molecule has 0 aliphatic heterocycles. The molecule has 0 bridgehead atoms. The number of unbranched alkanes of at least 4 members (excludes halogenated alkanes) is 1. The van der Waals surface area contributed by atoms with Crippen molar-refractivity contribution in [3.05, 3.63) is 10.9 Å². The van der Waals surface area contributed by atoms with Crippen LogP contribution in [0.1, 0.15) is 55.6 Å². The average Bonchev–Trinajstić information content (AvgIpc) is 2.67. The van der Waals surface area contributed by atoms with Crippen molar-refractivity contribution < 1.29 is 4.79 Å². The molecule has 5 N–H and O–H groups in total. The van der Waals surface area contributed by atoms with Crippen molar-refractivity contribution in [2.75, 3.05) is 11.1 Å². The summed E-state index contributed by atoms with van der Waals surface area (Å²) in [5.41, 5.74) is 11.5. The van der Waals surface area contributed by atoms with Crippen molar-refractivity contribution in [3.8, 4) is 0 Å². The zero-order chi connectivity index (χ0) is 13.5. The third-order valence-electron chi connectivity index (χ3n) is 2.87. The lowest BCUT2D eigenvalue weighted by molar-refractivity contribution is 0.100. The van der Waals surface area contributed by atoms with E-state index in [1.165, 1.54) is 24.2 Å². The van der Waals surface area contributed by atoms with Gasteiger partial charge in [0.25, 0.3) is 5.91 Å². The molecule has 1 amide bonds. The minimum atomic E-state index is -0.453. The van der Waals surface area contributed by atoms with Crippen LogP contribution in [0.25, 0.3) is 0 Å². The maximum atomic E-state index is 11.1. The van der Waals surface area contributed by atoms with Crippen LogP contribution in [0.4, 0.5) is 10.7 Å². The van der Waals surface area contributed by atoms with Crippen LogP contribution in [-0.2, 0) is 0 Å². The van der Waals surface area contributed by atoms with E-state index in [4.69, 9.17) is 11.5 Å². The summed E-state index contributed by atoms with van der Waals surface area (Å²) >= 11 is 1.34. The fourth-order valence-corrected chi connectivity index (χ4v) is 2.87. The van der Waals surface area contributed by atoms with Gasteiger partial charge in [-0.05, 0) is 18.9 Å². The van der Waals surface area contributed by atoms with Crippen LogP contribution in [0.15, 0.2) is 6.07 Å². The van der Waals surface area contributed by atoms with E-state index in [0.717, 1.165) is 24.3 Å². The predicted molar refractivity (Wildman–Crippen MR) is 79.1 cm³/mol. The van der Waals surface area contributed by atoms with Crippen molar-refractivity contribution in [2.45, 2.75) is 52.0 Å². The summed E-state index contributed by atoms with van der Waals surface area (Å²) in [5, 5.41) is 4.40. The van der Waals surface area contributed by atoms with Crippen LogP contribution in [0.3, 0.4) is 0 Å². The zero-order valence-corrected chi connectivity index (χ0v) is 12.0. The first-order chi connectivity index (χ1) is 8.58. The van der Waals surface area contributed by atoms with E-state index in [2.05, 4.69) is 19.2 Å². The molecule has 0 radical (unpaired) electrons. The molecule has 1 unspecified atom stereocenters. The molecule has 102 valence electrons. The van der Waals surface area contributed by atoms with Crippen LogP contribution in [0.2, 0.25) is 0 Å². The predicted octanol–water partition coefficient (Wildman–Crippen LogP) is 3.20. The zero-order valence-electron chi connectivity index (χ0n) is 11.2. The molecule has 0 saturated heterocycles. The second-order valence-electron chi connectivity index (χ2n) is 4.53. The summed E-state index contributed by atoms with van der Waals surface area (Å²) < 4.78 is 0. The van der Waals surface area contributed by atoms with Gasteiger partial charge in [-0.15, -0.1) is 11.3 Å². The number of hydrogen-bond acceptors (Lipinski definition) is 4. The molecule has 1 aromatic rings. The normalized spacial score (nSPS) is 12.3. The third-order valence-corrected chi connectivity index (χ3v) is 3.97. The second-order valence-corrected chi connectivity index (χ2v) is 5.58. The summed E-state index contributed by atoms with van der Waals surface area (Å²) in [6.07, 6.45) is 5.82. The number of primary amides is 1. The van der Waals surface area contributed by atoms with Crippen molar-refractivity contribution in [1.29, 1.82) is 0 Å². The van der Waals surface area contributed by atoms with Gasteiger partial charge in [-0.2, -0.15) is 0 Å². The Morgan fingerprint density at radius 1 is 1.39 bits per heavy atom. The van der Waals surface area contributed by atoms with Gasteiger partial charge in [0, 0.05) is 6.04 Å². The number of hydrogen-bond donors (Lipinski definition) is 3. The third kappa shape index (κ3) is 4.22. The fourth-order valence-electron chi connectivity index (χ4n) is 1.96. The Kier molecular flexibility index (Phi) is 5.98. The van der Waals surface area contributed by atoms with Gasteiger partial charge >= 0.3 is 0 Å². The van der Waals surface area contributed by atoms with Gasteiger partial charge in [0.15, 0.2) is 0 Å². The van der Waals surface area contributed by atoms with Gasteiger partial charge < -0.3 is 16.8 Å². The summed E-state index contributed by atoms with van der Waals surface area (Å²) in [6, 6.07) is 2.26. The molecular weight excluding hydrogens is 246 g/mol. The smallest absolute Gasteiger partial charge is 0.260 e. The molecule has 1 rings (SSSR count). The first-order valence-electron chi connectivity index (χ1n) is 6.54. The lowest BCUT2D eigenvalue weighted by Gasteiger charge is -2.17. The summed E-state index contributed by atoms with van der Waals surface area (Å²) in [6.45, 7) is 4.37. The fraction of sp³-hybridized carbons (Fsp3) is 0.615. The molecule has 4 nitrogen and oxygen atoms in total. The maximum absolute atomic E-state index is 11.1. The van der Waals surface area contributed by atoms with Gasteiger partial charge in [0.2, 0.25) is 0 Å². The van der Waals surface area contributed by atoms with E-state index in [9.17, 15) is 4.79 Å². The van der Waals surface area contributed by atoms with Crippen molar-refractivity contribution in [2.24, 2.45) is 5.73 Å². The standard InChI is InChI=1S/C13H23N3OS/c1-3-5-7-9(6-4-2)16-11-8-10(14)12(18-11)13(15)17/h8-9,16H,3-7,14H2,1-2H3,(H2,15,17). The number of carbonyl (C=O) groups is 1. The van der Waals surface area contributed by atoms with Crippen LogP contribution in [0, 0.1) is 0 Å². The Morgan fingerprint density at radius 3 is 2.61 bits per heavy atom. The van der Waals surface area contributed by atoms with Gasteiger partial charge in [-0.3, -0.25) is 4.79 Å². The number of nitrogen functional groups attached to an aromatic ring is 1. The molecule has 0 spiro atoms. The highest BCUT2D eigenvalue weighted by Gasteiger charge is 2.14. The van der Waals surface area contributed by atoms with Crippen LogP contribution < -0.4 is 16.8 Å². The van der Waals surface area contributed by atoms with E-state index in [-0.39, 0.29) is 0 Å². The summed E-state index contributed by atoms with van der Waals surface area (Å²) in [4.78, 5) is 11.6. The molecule has 1 aromatic heterocycles. The number of nitrogens with two attached hydrogens (primary N) is 2. The molecule has 0 aliphatic rings. The first-order valence-corrected chi connectivity index (χ1v) is 7.35. The Hall–Kier alpha value is -1.23. The molecular formula is C13H23N3OS. The summed E-state index contributed by atoms with van der Waals surface area (Å²) in [7, 11) is 0. The number of amides is 1. The minimum Gasteiger partial charge on any atom is -0.397 e. The lowest BCUT2D eigenvalue weighted by Crippen LogP contribution is -2.18. The quantitative estimate of drug-likeness (QED) is 0.678. The van der Waals surface area contributed by atoms with Crippen molar-refractivity contribution in [3.63, 3.8) is 0 Å². The SMILES string of the molecule is CCCCC(CCC)Nc1cc(N)c(C(N)=O)s1. The van der Waals surface area contributed by atoms with Gasteiger partial charge in [-0.1, -0.05) is 33.1 Å². The topological polar surface area (TPSA) is 81.1 Å². The first kappa shape index (κ1) is 14.8. The highest BCUT2D eigenvalue weighted by molar-refractivity contribution is 7.18. The van der Waals surface area contributed by atoms with Crippen LogP contribution >= 0.6 is 11.3 Å². The monoisotopic (exact) mass is 269 g/mol. The number of anilines is 2. The Labute approximate surface area is 113 Å². The van der Waals surface area contributed by atoms with E-state index in [1.807, 2.05) is 0 Å². The summed E-state index contributed by atoms with van der Waals surface area (Å²) in [5.74, 6) is -0.453. The van der Waals surface area contributed by atoms with Gasteiger partial charge in [0.05, 0.1) is 10.7 Å². The second kappa shape index (κ2) is 7.26. The number of thiophene rings is 1. The van der Waals surface area contributed by atoms with E-state index >= 15 is 0 Å². The Balaban J connectivity index is 2.68. The molecule has 1 heterocycles. The molecule has 0 aromatic carbocycles. The molecule has 0 saturated carbocycles. The largest absolute Gasteiger partial charge is 0.397 e. The Bertz CT molecular complexity index is 390. The van der Waals surface area contributed by atoms with Gasteiger partial charge in [-0.25, -0.2) is 0 Å². The highest BCUT2D eigenvalue weighted by atomic mass is 32.1. The molecule has 18 heavy (non-hydrogen) atoms. The molecule has 5 heteroatoms. The van der Waals surface area contributed by atoms with Crippen LogP contribution in [0.5, 0.6) is 0 Å². The Morgan fingerprint density at radius 2 is 2.11 bits per heavy atom. The van der Waals surface area contributed by atoms with E-state index < -0.39 is 5.91 Å². The molecule has 0 fully saturated rings. The molecule has 1 atom stereocenters. The van der Waals surface area contributed by atoms with Crippen molar-refractivity contribution >= 4 is 27.9 Å². The number of carbonyl (C=O) groups excluding carboxylic acids is 1. The average molecular weight is 269 g/mol. The lowest BCUT2D eigenvalue weighted by atomic mass is 10.1. The number of nitrogens with one attached hydrogen (secondary N) is 1.